The molecule has 0 saturated heterocycles. The minimum absolute atomic E-state index is 0.778. The summed E-state index contributed by atoms with van der Waals surface area (Å²) in [5.41, 5.74) is 9.00. The molecular weight excluding hydrogens is 264 g/mol. The van der Waals surface area contributed by atoms with Gasteiger partial charge in [-0.3, -0.25) is 9.88 Å². The number of fused-ring (bicyclic) bond motifs is 2. The van der Waals surface area contributed by atoms with E-state index in [1.807, 2.05) is 24.4 Å². The van der Waals surface area contributed by atoms with E-state index in [0.29, 0.717) is 0 Å². The van der Waals surface area contributed by atoms with Crippen LogP contribution in [0.4, 0.5) is 5.69 Å². The highest BCUT2D eigenvalue weighted by molar-refractivity contribution is 5.92. The summed E-state index contributed by atoms with van der Waals surface area (Å²) >= 11 is 0. The normalized spacial score (nSPS) is 15.2. The number of rotatable bonds is 2. The Morgan fingerprint density at radius 2 is 2.14 bits per heavy atom. The van der Waals surface area contributed by atoms with Crippen LogP contribution in [0.15, 0.2) is 36.8 Å². The van der Waals surface area contributed by atoms with Gasteiger partial charge < -0.3 is 10.3 Å². The number of benzene rings is 1. The molecule has 1 aromatic carbocycles. The van der Waals surface area contributed by atoms with Gasteiger partial charge in [0.15, 0.2) is 0 Å². The van der Waals surface area contributed by atoms with E-state index in [-0.39, 0.29) is 0 Å². The molecule has 0 atom stereocenters. The molecule has 1 aliphatic rings. The van der Waals surface area contributed by atoms with Gasteiger partial charge in [0.25, 0.3) is 0 Å². The van der Waals surface area contributed by atoms with Gasteiger partial charge in [0.1, 0.15) is 12.2 Å². The standard InChI is InChI=1S/C15H16N6/c16-13-4-3-11(15-12(13)2-1-5-17-15)8-20-6-7-21-10-18-19-14(21)9-20/h1-5,10H,6-9,16H2. The first-order valence-corrected chi connectivity index (χ1v) is 7.02. The predicted octanol–water partition coefficient (Wildman–Crippen LogP) is 1.42. The van der Waals surface area contributed by atoms with Crippen molar-refractivity contribution in [1.29, 1.82) is 0 Å². The lowest BCUT2D eigenvalue weighted by molar-refractivity contribution is 0.209. The Balaban J connectivity index is 1.65. The maximum atomic E-state index is 6.03. The second kappa shape index (κ2) is 4.82. The molecule has 106 valence electrons. The number of nitrogens with two attached hydrogens (primary N) is 1. The van der Waals surface area contributed by atoms with E-state index in [0.717, 1.165) is 48.6 Å². The van der Waals surface area contributed by atoms with Crippen LogP contribution in [0, 0.1) is 0 Å². The van der Waals surface area contributed by atoms with Crippen molar-refractivity contribution in [2.24, 2.45) is 0 Å². The van der Waals surface area contributed by atoms with Crippen molar-refractivity contribution in [2.45, 2.75) is 19.6 Å². The molecule has 3 aromatic rings. The Hall–Kier alpha value is -2.47. The second-order valence-corrected chi connectivity index (χ2v) is 5.36. The summed E-state index contributed by atoms with van der Waals surface area (Å²) in [5, 5.41) is 9.15. The largest absolute Gasteiger partial charge is 0.398 e. The molecule has 2 N–H and O–H groups in total. The van der Waals surface area contributed by atoms with Gasteiger partial charge in [-0.1, -0.05) is 6.07 Å². The summed E-state index contributed by atoms with van der Waals surface area (Å²) in [7, 11) is 0. The Kier molecular flexibility index (Phi) is 2.82. The summed E-state index contributed by atoms with van der Waals surface area (Å²) in [5.74, 6) is 1.02. The van der Waals surface area contributed by atoms with Gasteiger partial charge in [-0.15, -0.1) is 10.2 Å². The molecule has 0 fully saturated rings. The van der Waals surface area contributed by atoms with E-state index >= 15 is 0 Å². The maximum absolute atomic E-state index is 6.03. The zero-order valence-corrected chi connectivity index (χ0v) is 11.6. The van der Waals surface area contributed by atoms with Gasteiger partial charge >= 0.3 is 0 Å². The molecule has 0 bridgehead atoms. The van der Waals surface area contributed by atoms with Gasteiger partial charge in [0.2, 0.25) is 0 Å². The van der Waals surface area contributed by atoms with Gasteiger partial charge in [-0.2, -0.15) is 0 Å². The third-order valence-electron chi connectivity index (χ3n) is 4.00. The molecule has 4 rings (SSSR count). The predicted molar refractivity (Wildman–Crippen MR) is 80.3 cm³/mol. The van der Waals surface area contributed by atoms with Crippen molar-refractivity contribution in [3.63, 3.8) is 0 Å². The number of hydrogen-bond acceptors (Lipinski definition) is 5. The van der Waals surface area contributed by atoms with E-state index < -0.39 is 0 Å². The van der Waals surface area contributed by atoms with Gasteiger partial charge in [0.05, 0.1) is 12.1 Å². The monoisotopic (exact) mass is 280 g/mol. The number of anilines is 1. The zero-order valence-electron chi connectivity index (χ0n) is 11.6. The molecular formula is C15H16N6. The van der Waals surface area contributed by atoms with E-state index in [1.54, 1.807) is 6.33 Å². The minimum atomic E-state index is 0.778. The van der Waals surface area contributed by atoms with E-state index in [9.17, 15) is 0 Å². The van der Waals surface area contributed by atoms with Crippen LogP contribution in [0.2, 0.25) is 0 Å². The van der Waals surface area contributed by atoms with Crippen LogP contribution < -0.4 is 5.73 Å². The zero-order chi connectivity index (χ0) is 14.2. The highest BCUT2D eigenvalue weighted by atomic mass is 15.3. The highest BCUT2D eigenvalue weighted by Crippen LogP contribution is 2.24. The van der Waals surface area contributed by atoms with Crippen LogP contribution in [-0.4, -0.2) is 31.2 Å². The summed E-state index contributed by atoms with van der Waals surface area (Å²) < 4.78 is 2.11. The number of aromatic nitrogens is 4. The van der Waals surface area contributed by atoms with E-state index in [4.69, 9.17) is 5.73 Å². The first-order valence-electron chi connectivity index (χ1n) is 7.02. The quantitative estimate of drug-likeness (QED) is 0.719. The van der Waals surface area contributed by atoms with Crippen molar-refractivity contribution >= 4 is 16.6 Å². The fraction of sp³-hybridized carbons (Fsp3) is 0.267. The molecule has 0 unspecified atom stereocenters. The topological polar surface area (TPSA) is 72.9 Å². The Morgan fingerprint density at radius 1 is 1.19 bits per heavy atom. The molecule has 0 aliphatic carbocycles. The first-order chi connectivity index (χ1) is 10.3. The van der Waals surface area contributed by atoms with Crippen molar-refractivity contribution < 1.29 is 0 Å². The van der Waals surface area contributed by atoms with Gasteiger partial charge in [-0.25, -0.2) is 0 Å². The Labute approximate surface area is 122 Å². The lowest BCUT2D eigenvalue weighted by atomic mass is 10.1. The number of nitrogens with zero attached hydrogens (tertiary/aromatic N) is 5. The molecule has 6 heteroatoms. The third-order valence-corrected chi connectivity index (χ3v) is 4.00. The van der Waals surface area contributed by atoms with Crippen LogP contribution in [-0.2, 0) is 19.6 Å². The molecule has 2 aromatic heterocycles. The van der Waals surface area contributed by atoms with Crippen LogP contribution >= 0.6 is 0 Å². The van der Waals surface area contributed by atoms with Crippen LogP contribution in [0.5, 0.6) is 0 Å². The smallest absolute Gasteiger partial charge is 0.147 e. The minimum Gasteiger partial charge on any atom is -0.398 e. The second-order valence-electron chi connectivity index (χ2n) is 5.36. The van der Waals surface area contributed by atoms with Crippen LogP contribution in [0.1, 0.15) is 11.4 Å². The van der Waals surface area contributed by atoms with Crippen LogP contribution in [0.25, 0.3) is 10.9 Å². The summed E-state index contributed by atoms with van der Waals surface area (Å²) in [6.45, 7) is 3.59. The fourth-order valence-corrected chi connectivity index (χ4v) is 2.87. The summed E-state index contributed by atoms with van der Waals surface area (Å²) in [6, 6.07) is 7.98. The highest BCUT2D eigenvalue weighted by Gasteiger charge is 2.18. The third kappa shape index (κ3) is 2.13. The first kappa shape index (κ1) is 12.3. The maximum Gasteiger partial charge on any atom is 0.147 e. The molecule has 3 heterocycles. The Morgan fingerprint density at radius 3 is 3.10 bits per heavy atom. The van der Waals surface area contributed by atoms with Crippen molar-refractivity contribution in [1.82, 2.24) is 24.6 Å². The Bertz CT molecular complexity index is 794. The van der Waals surface area contributed by atoms with Crippen molar-refractivity contribution in [3.05, 3.63) is 48.2 Å². The summed E-state index contributed by atoms with van der Waals surface area (Å²) in [6.07, 6.45) is 3.62. The number of hydrogen-bond donors (Lipinski definition) is 1. The summed E-state index contributed by atoms with van der Waals surface area (Å²) in [4.78, 5) is 6.87. The molecule has 0 radical (unpaired) electrons. The van der Waals surface area contributed by atoms with Crippen LogP contribution in [0.3, 0.4) is 0 Å². The molecule has 0 amide bonds. The van der Waals surface area contributed by atoms with E-state index in [2.05, 4.69) is 30.7 Å². The van der Waals surface area contributed by atoms with Crippen molar-refractivity contribution in [2.75, 3.05) is 12.3 Å². The molecule has 1 aliphatic heterocycles. The fourth-order valence-electron chi connectivity index (χ4n) is 2.87. The van der Waals surface area contributed by atoms with Gasteiger partial charge in [0, 0.05) is 36.9 Å². The van der Waals surface area contributed by atoms with E-state index in [1.165, 1.54) is 5.56 Å². The number of pyridine rings is 1. The molecule has 6 nitrogen and oxygen atoms in total. The average Bonchev–Trinajstić information content (AvgIpc) is 2.98. The van der Waals surface area contributed by atoms with Crippen molar-refractivity contribution in [3.8, 4) is 0 Å². The lowest BCUT2D eigenvalue weighted by Crippen LogP contribution is -2.33. The molecule has 0 saturated carbocycles. The van der Waals surface area contributed by atoms with Gasteiger partial charge in [-0.05, 0) is 23.8 Å². The lowest BCUT2D eigenvalue weighted by Gasteiger charge is -2.27. The molecule has 21 heavy (non-hydrogen) atoms. The SMILES string of the molecule is Nc1ccc(CN2CCn3cnnc3C2)c2ncccc12. The number of nitrogen functional groups attached to an aromatic ring is 1. The average molecular weight is 280 g/mol. The molecule has 0 spiro atoms.